The molecule has 0 aromatic carbocycles. The molecule has 0 aromatic rings. The molecule has 0 aliphatic heterocycles. The van der Waals surface area contributed by atoms with Gasteiger partial charge in [0.15, 0.2) is 0 Å². The average Bonchev–Trinajstić information content (AvgIpc) is 4.11. The fourth-order valence-corrected chi connectivity index (χ4v) is 11.8. The second kappa shape index (κ2) is 41.1. The first kappa shape index (κ1) is 86.8. The van der Waals surface area contributed by atoms with Gasteiger partial charge in [-0.3, -0.25) is 0 Å². The van der Waals surface area contributed by atoms with E-state index >= 15 is 0 Å². The number of rotatable bonds is 22. The quantitative estimate of drug-likeness (QED) is 0.101. The van der Waals surface area contributed by atoms with Gasteiger partial charge in [0.25, 0.3) is 0 Å². The second-order valence-electron chi connectivity index (χ2n) is 35.7. The third-order valence-electron chi connectivity index (χ3n) is 20.6. The molecule has 3 fully saturated rings. The number of hydrogen-bond acceptors (Lipinski definition) is 0. The Kier molecular flexibility index (Phi) is 45.7. The van der Waals surface area contributed by atoms with Crippen molar-refractivity contribution in [3.05, 3.63) is 0 Å². The first-order valence-corrected chi connectivity index (χ1v) is 34.8. The molecule has 0 N–H and O–H groups in total. The van der Waals surface area contributed by atoms with Crippen molar-refractivity contribution >= 4 is 0 Å². The van der Waals surface area contributed by atoms with Gasteiger partial charge in [-0.1, -0.05) is 284 Å². The maximum absolute atomic E-state index is 2.37. The smallest absolute Gasteiger partial charge is 0.0272 e. The van der Waals surface area contributed by atoms with Crippen LogP contribution in [0.1, 0.15) is 355 Å². The second-order valence-corrected chi connectivity index (χ2v) is 35.7. The topological polar surface area (TPSA) is 0 Å². The maximum Gasteiger partial charge on any atom is -0.0272 e. The standard InChI is InChI=1S/3C10H20.3C10H22.2C9H20/c1-7(2)8-6-9(8)10(3,4)5;2*1-8(2)7-10(5-6-10)9(3)4;2*1-8(2)7-10(5,6)9(3)4;1-7(2)9(5)10(6)8(3)4;2*1-7(2)6-9(5)8(3)4/h7-9H,6H2,1-5H3;2*8-9H,5-7H2,1-4H3;2*8-9H,7H2,1-6H3;7-10H,1-6H3;2*7-9H,6H2,1-5H3. The molecule has 0 nitrogen and oxygen atoms in total. The summed E-state index contributed by atoms with van der Waals surface area (Å²) in [6, 6.07) is 0. The van der Waals surface area contributed by atoms with E-state index in [1.165, 1.54) is 70.6 Å². The highest BCUT2D eigenvalue weighted by Crippen LogP contribution is 2.57. The summed E-state index contributed by atoms with van der Waals surface area (Å²) in [6.45, 7) is 95.4. The minimum Gasteiger partial charge on any atom is -0.0628 e. The Balaban J connectivity index is -0.000000260. The van der Waals surface area contributed by atoms with Crippen LogP contribution in [0.3, 0.4) is 0 Å². The van der Waals surface area contributed by atoms with Crippen molar-refractivity contribution in [2.75, 3.05) is 0 Å². The van der Waals surface area contributed by atoms with E-state index in [0.29, 0.717) is 16.2 Å². The monoisotopic (exact) mass is 1100 g/mol. The van der Waals surface area contributed by atoms with E-state index in [2.05, 4.69) is 284 Å². The van der Waals surface area contributed by atoms with Gasteiger partial charge in [0.05, 0.1) is 0 Å². The van der Waals surface area contributed by atoms with Crippen molar-refractivity contribution in [3.63, 3.8) is 0 Å². The highest BCUT2D eigenvalue weighted by Gasteiger charge is 2.47. The molecule has 3 aliphatic carbocycles. The summed E-state index contributed by atoms with van der Waals surface area (Å²) in [4.78, 5) is 0. The average molecular weight is 1100 g/mol. The minimum absolute atomic E-state index is 0.522. The molecule has 0 amide bonds. The van der Waals surface area contributed by atoms with Gasteiger partial charge >= 0.3 is 0 Å². The van der Waals surface area contributed by atoms with Crippen molar-refractivity contribution in [3.8, 4) is 0 Å². The molecule has 0 heterocycles. The zero-order chi connectivity index (χ0) is 63.4. The molecular formula is C78H166. The van der Waals surface area contributed by atoms with E-state index in [-0.39, 0.29) is 0 Å². The summed E-state index contributed by atoms with van der Waals surface area (Å²) in [5.41, 5.74) is 3.15. The van der Waals surface area contributed by atoms with Crippen LogP contribution in [0.4, 0.5) is 0 Å². The van der Waals surface area contributed by atoms with Crippen molar-refractivity contribution in [2.45, 2.75) is 355 Å². The Morgan fingerprint density at radius 1 is 0.333 bits per heavy atom. The predicted octanol–water partition coefficient (Wildman–Crippen LogP) is 27.9. The molecule has 0 bridgehead atoms. The molecule has 6 atom stereocenters. The van der Waals surface area contributed by atoms with Gasteiger partial charge in [0, 0.05) is 0 Å². The van der Waals surface area contributed by atoms with Gasteiger partial charge < -0.3 is 0 Å². The lowest BCUT2D eigenvalue weighted by Gasteiger charge is -2.30. The van der Waals surface area contributed by atoms with Crippen LogP contribution in [0.5, 0.6) is 0 Å². The van der Waals surface area contributed by atoms with Crippen LogP contribution in [-0.2, 0) is 0 Å². The molecule has 3 aliphatic rings. The fraction of sp³-hybridized carbons (Fsp3) is 1.00. The van der Waals surface area contributed by atoms with E-state index in [0.717, 1.165) is 135 Å². The summed E-state index contributed by atoms with van der Waals surface area (Å²) < 4.78 is 0. The van der Waals surface area contributed by atoms with Crippen molar-refractivity contribution in [1.82, 2.24) is 0 Å². The molecule has 3 saturated carbocycles. The largest absolute Gasteiger partial charge is 0.0628 e. The van der Waals surface area contributed by atoms with E-state index < -0.39 is 0 Å². The van der Waals surface area contributed by atoms with Crippen molar-refractivity contribution in [2.24, 2.45) is 151 Å². The Labute approximate surface area is 503 Å². The Morgan fingerprint density at radius 3 is 0.654 bits per heavy atom. The zero-order valence-corrected chi connectivity index (χ0v) is 63.4. The van der Waals surface area contributed by atoms with Crippen molar-refractivity contribution < 1.29 is 0 Å². The molecular weight excluding hydrogens is 937 g/mol. The molecule has 3 rings (SSSR count). The van der Waals surface area contributed by atoms with Gasteiger partial charge in [-0.2, -0.15) is 0 Å². The van der Waals surface area contributed by atoms with Gasteiger partial charge in [0.1, 0.15) is 0 Å². The van der Waals surface area contributed by atoms with Gasteiger partial charge in [-0.15, -0.1) is 0 Å². The Bertz CT molecular complexity index is 1210. The van der Waals surface area contributed by atoms with Crippen LogP contribution < -0.4 is 0 Å². The summed E-state index contributed by atoms with van der Waals surface area (Å²) in [5.74, 6) is 18.4. The van der Waals surface area contributed by atoms with Gasteiger partial charge in [0.2, 0.25) is 0 Å². The van der Waals surface area contributed by atoms with Crippen LogP contribution in [0, 0.1) is 151 Å². The third-order valence-corrected chi connectivity index (χ3v) is 20.6. The Hall–Kier alpha value is 0. The number of hydrogen-bond donors (Lipinski definition) is 0. The van der Waals surface area contributed by atoms with E-state index in [9.17, 15) is 0 Å². The van der Waals surface area contributed by atoms with Gasteiger partial charge in [-0.05, 0) is 222 Å². The summed E-state index contributed by atoms with van der Waals surface area (Å²) >= 11 is 0. The lowest BCUT2D eigenvalue weighted by atomic mass is 9.75. The molecule has 6 unspecified atom stereocenters. The fourth-order valence-electron chi connectivity index (χ4n) is 11.8. The van der Waals surface area contributed by atoms with Crippen LogP contribution in [0.15, 0.2) is 0 Å². The maximum atomic E-state index is 2.37. The van der Waals surface area contributed by atoms with Gasteiger partial charge in [-0.25, -0.2) is 0 Å². The third kappa shape index (κ3) is 44.5. The molecule has 0 aromatic heterocycles. The first-order chi connectivity index (χ1) is 34.8. The van der Waals surface area contributed by atoms with Crippen LogP contribution in [0.25, 0.3) is 0 Å². The minimum atomic E-state index is 0.522. The summed E-state index contributed by atoms with van der Waals surface area (Å²) in [6.07, 6.45) is 15.7. The normalized spacial score (nSPS) is 19.1. The highest BCUT2D eigenvalue weighted by atomic mass is 14.5. The molecule has 0 spiro atoms. The van der Waals surface area contributed by atoms with Crippen LogP contribution in [-0.4, -0.2) is 0 Å². The zero-order valence-electron chi connectivity index (χ0n) is 63.4. The summed E-state index contributed by atoms with van der Waals surface area (Å²) in [5, 5.41) is 0. The van der Waals surface area contributed by atoms with E-state index in [4.69, 9.17) is 0 Å². The molecule has 0 heteroatoms. The predicted molar refractivity (Wildman–Crippen MR) is 369 cm³/mol. The Morgan fingerprint density at radius 2 is 0.590 bits per heavy atom. The molecule has 0 saturated heterocycles. The highest BCUT2D eigenvalue weighted by molar-refractivity contribution is 4.97. The van der Waals surface area contributed by atoms with Crippen LogP contribution in [0.2, 0.25) is 0 Å². The molecule has 78 heavy (non-hydrogen) atoms. The first-order valence-electron chi connectivity index (χ1n) is 34.8. The lowest BCUT2D eigenvalue weighted by Crippen LogP contribution is -2.21. The van der Waals surface area contributed by atoms with E-state index in [1.54, 1.807) is 0 Å². The SMILES string of the molecule is CC(C)C(C)C(C)C(C)C.CC(C)C1CC1C(C)(C)C.CC(C)CC(C)(C)C(C)C.CC(C)CC(C)(C)C(C)C.CC(C)CC(C)C(C)C.CC(C)CC(C)C(C)C.CC(C)CC1(C(C)C)CC1.CC(C)CC1(C(C)C)CC1. The molecule has 0 radical (unpaired) electrons. The lowest BCUT2D eigenvalue weighted by molar-refractivity contribution is 0.199. The van der Waals surface area contributed by atoms with Crippen LogP contribution >= 0.6 is 0 Å². The molecule has 478 valence electrons. The van der Waals surface area contributed by atoms with Crippen molar-refractivity contribution in [1.29, 1.82) is 0 Å². The summed E-state index contributed by atoms with van der Waals surface area (Å²) in [7, 11) is 0. The van der Waals surface area contributed by atoms with E-state index in [1.807, 2.05) is 0 Å².